The molecule has 2 bridgehead atoms. The van der Waals surface area contributed by atoms with Crippen LogP contribution in [0.4, 0.5) is 0 Å². The Morgan fingerprint density at radius 2 is 1.41 bits per heavy atom. The standard InChI is InChI=1S/C25H22O6S/c1-15-4-2-3-5-20(15)31-32(28,29)22-14-21-23(16-6-10-18(26)11-7-16)24(25(22)30-21)17-8-12-19(27)13-9-17/h2-13,21-22,25-27H,14H2,1H3/t21-,22+,25+/m0/s1. The monoisotopic (exact) mass is 450 g/mol. The van der Waals surface area contributed by atoms with Crippen LogP contribution in [0.2, 0.25) is 0 Å². The summed E-state index contributed by atoms with van der Waals surface area (Å²) in [5.41, 5.74) is 4.01. The molecule has 1 fully saturated rings. The largest absolute Gasteiger partial charge is 0.508 e. The number of phenolic OH excluding ortho intramolecular Hbond substituents is 2. The average Bonchev–Trinajstić information content (AvgIpc) is 3.36. The van der Waals surface area contributed by atoms with Gasteiger partial charge in [0.15, 0.2) is 0 Å². The summed E-state index contributed by atoms with van der Waals surface area (Å²) < 4.78 is 38.2. The summed E-state index contributed by atoms with van der Waals surface area (Å²) in [6.45, 7) is 1.80. The number of ether oxygens (including phenoxy) is 1. The van der Waals surface area contributed by atoms with Crippen molar-refractivity contribution >= 4 is 21.3 Å². The Morgan fingerprint density at radius 1 is 0.844 bits per heavy atom. The van der Waals surface area contributed by atoms with E-state index < -0.39 is 27.6 Å². The van der Waals surface area contributed by atoms with E-state index in [1.165, 1.54) is 0 Å². The molecule has 6 nitrogen and oxygen atoms in total. The molecule has 3 aromatic carbocycles. The quantitative estimate of drug-likeness (QED) is 0.564. The highest BCUT2D eigenvalue weighted by Gasteiger charge is 2.53. The van der Waals surface area contributed by atoms with Crippen LogP contribution in [0.25, 0.3) is 11.1 Å². The Hall–Kier alpha value is -3.29. The van der Waals surface area contributed by atoms with Crippen LogP contribution in [0.3, 0.4) is 0 Å². The van der Waals surface area contributed by atoms with Crippen LogP contribution in [0.1, 0.15) is 23.1 Å². The van der Waals surface area contributed by atoms with Gasteiger partial charge in [0.1, 0.15) is 28.6 Å². The second kappa shape index (κ2) is 7.69. The van der Waals surface area contributed by atoms with Gasteiger partial charge in [-0.05, 0) is 65.1 Å². The fraction of sp³-hybridized carbons (Fsp3) is 0.200. The van der Waals surface area contributed by atoms with E-state index in [1.54, 1.807) is 73.7 Å². The zero-order chi connectivity index (χ0) is 22.5. The number of phenols is 2. The number of aryl methyl sites for hydroxylation is 1. The summed E-state index contributed by atoms with van der Waals surface area (Å²) in [6, 6.07) is 20.4. The summed E-state index contributed by atoms with van der Waals surface area (Å²) in [4.78, 5) is 0. The highest BCUT2D eigenvalue weighted by atomic mass is 32.2. The average molecular weight is 451 g/mol. The van der Waals surface area contributed by atoms with Crippen molar-refractivity contribution in [1.29, 1.82) is 0 Å². The zero-order valence-electron chi connectivity index (χ0n) is 17.3. The van der Waals surface area contributed by atoms with E-state index in [1.807, 2.05) is 6.07 Å². The predicted molar refractivity (Wildman–Crippen MR) is 121 cm³/mol. The summed E-state index contributed by atoms with van der Waals surface area (Å²) in [5, 5.41) is 18.5. The molecule has 2 aliphatic rings. The Labute approximate surface area is 186 Å². The first kappa shape index (κ1) is 20.6. The molecule has 0 aliphatic carbocycles. The molecule has 0 spiro atoms. The first-order valence-corrected chi connectivity index (χ1v) is 11.8. The maximum absolute atomic E-state index is 13.3. The molecule has 5 rings (SSSR count). The minimum absolute atomic E-state index is 0.122. The van der Waals surface area contributed by atoms with E-state index >= 15 is 0 Å². The molecule has 2 N–H and O–H groups in total. The van der Waals surface area contributed by atoms with Crippen molar-refractivity contribution < 1.29 is 27.6 Å². The highest BCUT2D eigenvalue weighted by molar-refractivity contribution is 7.87. The first-order valence-electron chi connectivity index (χ1n) is 10.3. The Morgan fingerprint density at radius 3 is 2.00 bits per heavy atom. The molecule has 1 saturated heterocycles. The van der Waals surface area contributed by atoms with Gasteiger partial charge in [-0.1, -0.05) is 42.5 Å². The van der Waals surface area contributed by atoms with Crippen molar-refractivity contribution in [2.24, 2.45) is 0 Å². The van der Waals surface area contributed by atoms with Crippen LogP contribution in [-0.4, -0.2) is 36.1 Å². The predicted octanol–water partition coefficient (Wildman–Crippen LogP) is 4.27. The minimum Gasteiger partial charge on any atom is -0.508 e. The van der Waals surface area contributed by atoms with Gasteiger partial charge in [0, 0.05) is 6.42 Å². The van der Waals surface area contributed by atoms with Gasteiger partial charge in [-0.3, -0.25) is 0 Å². The van der Waals surface area contributed by atoms with Crippen molar-refractivity contribution in [3.63, 3.8) is 0 Å². The van der Waals surface area contributed by atoms with E-state index in [0.29, 0.717) is 5.75 Å². The van der Waals surface area contributed by atoms with Crippen molar-refractivity contribution in [2.45, 2.75) is 30.8 Å². The molecular formula is C25H22O6S. The summed E-state index contributed by atoms with van der Waals surface area (Å²) in [7, 11) is -3.98. The molecule has 0 aromatic heterocycles. The number of aromatic hydroxyl groups is 2. The van der Waals surface area contributed by atoms with Gasteiger partial charge in [0.2, 0.25) is 0 Å². The lowest BCUT2D eigenvalue weighted by Gasteiger charge is -2.25. The molecule has 0 unspecified atom stereocenters. The van der Waals surface area contributed by atoms with Gasteiger partial charge in [-0.15, -0.1) is 0 Å². The number of hydrogen-bond donors (Lipinski definition) is 2. The van der Waals surface area contributed by atoms with E-state index in [9.17, 15) is 18.6 Å². The molecule has 2 heterocycles. The lowest BCUT2D eigenvalue weighted by molar-refractivity contribution is 0.128. The number of benzene rings is 3. The van der Waals surface area contributed by atoms with Gasteiger partial charge >= 0.3 is 10.1 Å². The number of hydrogen-bond acceptors (Lipinski definition) is 6. The van der Waals surface area contributed by atoms with Crippen LogP contribution in [0.15, 0.2) is 72.8 Å². The van der Waals surface area contributed by atoms with E-state index in [-0.39, 0.29) is 17.9 Å². The molecular weight excluding hydrogens is 428 g/mol. The van der Waals surface area contributed by atoms with E-state index in [4.69, 9.17) is 8.92 Å². The second-order valence-electron chi connectivity index (χ2n) is 8.08. The van der Waals surface area contributed by atoms with Crippen LogP contribution in [0.5, 0.6) is 17.2 Å². The Bertz CT molecular complexity index is 1290. The maximum atomic E-state index is 13.3. The molecule has 7 heteroatoms. The second-order valence-corrected chi connectivity index (χ2v) is 9.84. The fourth-order valence-electron chi connectivity index (χ4n) is 4.47. The van der Waals surface area contributed by atoms with Crippen LogP contribution >= 0.6 is 0 Å². The third kappa shape index (κ3) is 3.53. The van der Waals surface area contributed by atoms with Gasteiger partial charge in [-0.25, -0.2) is 0 Å². The van der Waals surface area contributed by atoms with Gasteiger partial charge in [0.05, 0.1) is 6.10 Å². The first-order chi connectivity index (χ1) is 15.3. The van der Waals surface area contributed by atoms with Crippen LogP contribution in [-0.2, 0) is 14.9 Å². The topological polar surface area (TPSA) is 93.1 Å². The molecule has 3 aromatic rings. The normalized spacial score (nSPS) is 22.3. The van der Waals surface area contributed by atoms with E-state index in [2.05, 4.69) is 0 Å². The third-order valence-corrected chi connectivity index (χ3v) is 7.61. The molecule has 164 valence electrons. The van der Waals surface area contributed by atoms with E-state index in [0.717, 1.165) is 27.8 Å². The number of rotatable bonds is 5. The van der Waals surface area contributed by atoms with Crippen molar-refractivity contribution in [1.82, 2.24) is 0 Å². The van der Waals surface area contributed by atoms with Gasteiger partial charge in [0.25, 0.3) is 0 Å². The molecule has 32 heavy (non-hydrogen) atoms. The minimum atomic E-state index is -3.98. The molecule has 0 amide bonds. The Kier molecular flexibility index (Phi) is 4.95. The lowest BCUT2D eigenvalue weighted by Crippen LogP contribution is -2.35. The number of para-hydroxylation sites is 1. The maximum Gasteiger partial charge on any atom is 0.315 e. The van der Waals surface area contributed by atoms with Crippen molar-refractivity contribution in [2.75, 3.05) is 0 Å². The third-order valence-electron chi connectivity index (χ3n) is 6.02. The van der Waals surface area contributed by atoms with Gasteiger partial charge < -0.3 is 19.1 Å². The zero-order valence-corrected chi connectivity index (χ0v) is 18.1. The summed E-state index contributed by atoms with van der Waals surface area (Å²) >= 11 is 0. The smallest absolute Gasteiger partial charge is 0.315 e. The molecule has 0 saturated carbocycles. The van der Waals surface area contributed by atoms with Gasteiger partial charge in [-0.2, -0.15) is 8.42 Å². The van der Waals surface area contributed by atoms with Crippen molar-refractivity contribution in [3.05, 3.63) is 89.5 Å². The SMILES string of the molecule is Cc1ccccc1OS(=O)(=O)[C@@H]1C[C@@H]2O[C@H]1C(c1ccc(O)cc1)=C2c1ccc(O)cc1. The summed E-state index contributed by atoms with van der Waals surface area (Å²) in [5.74, 6) is 0.581. The lowest BCUT2D eigenvalue weighted by atomic mass is 9.83. The number of fused-ring (bicyclic) bond motifs is 2. The molecule has 2 aliphatic heterocycles. The summed E-state index contributed by atoms with van der Waals surface area (Å²) in [6.07, 6.45) is -0.854. The highest BCUT2D eigenvalue weighted by Crippen LogP contribution is 2.51. The molecule has 0 radical (unpaired) electrons. The fourth-order valence-corrected chi connectivity index (χ4v) is 5.94. The Balaban J connectivity index is 1.57. The molecule has 3 atom stereocenters. The van der Waals surface area contributed by atoms with Crippen LogP contribution < -0.4 is 4.18 Å². The van der Waals surface area contributed by atoms with Crippen LogP contribution in [0, 0.1) is 6.92 Å². The van der Waals surface area contributed by atoms with Crippen molar-refractivity contribution in [3.8, 4) is 17.2 Å².